The van der Waals surface area contributed by atoms with Gasteiger partial charge in [-0.15, -0.1) is 0 Å². The second-order valence-corrected chi connectivity index (χ2v) is 6.33. The highest BCUT2D eigenvalue weighted by atomic mass is 16.5. The molecule has 28 heavy (non-hydrogen) atoms. The van der Waals surface area contributed by atoms with E-state index in [1.807, 2.05) is 56.3 Å². The number of nitrogens with zero attached hydrogens (tertiary/aromatic N) is 2. The molecule has 3 rings (SSSR count). The molecule has 0 aliphatic carbocycles. The van der Waals surface area contributed by atoms with E-state index in [-0.39, 0.29) is 11.5 Å². The number of benzene rings is 2. The summed E-state index contributed by atoms with van der Waals surface area (Å²) < 4.78 is 6.90. The number of amides is 1. The molecule has 1 aromatic heterocycles. The van der Waals surface area contributed by atoms with Gasteiger partial charge in [0, 0.05) is 30.3 Å². The van der Waals surface area contributed by atoms with Gasteiger partial charge in [0.15, 0.2) is 0 Å². The molecular formula is C22H23N3O3. The maximum Gasteiger partial charge on any atom is 0.253 e. The van der Waals surface area contributed by atoms with Gasteiger partial charge in [-0.2, -0.15) is 0 Å². The van der Waals surface area contributed by atoms with Crippen LogP contribution in [0.5, 0.6) is 5.75 Å². The van der Waals surface area contributed by atoms with E-state index in [1.165, 1.54) is 17.0 Å². The molecule has 0 fully saturated rings. The molecule has 0 atom stereocenters. The number of hydrogen-bond donors (Lipinski definition) is 1. The lowest BCUT2D eigenvalue weighted by Gasteiger charge is -2.10. The molecule has 0 spiro atoms. The Hall–Kier alpha value is -3.41. The monoisotopic (exact) mass is 377 g/mol. The molecule has 144 valence electrons. The predicted molar refractivity (Wildman–Crippen MR) is 109 cm³/mol. The van der Waals surface area contributed by atoms with Crippen molar-refractivity contribution in [1.82, 2.24) is 14.9 Å². The molecule has 0 saturated carbocycles. The summed E-state index contributed by atoms with van der Waals surface area (Å²) in [6.07, 6.45) is 1.51. The normalized spacial score (nSPS) is 10.5. The van der Waals surface area contributed by atoms with Gasteiger partial charge in [-0.3, -0.25) is 14.2 Å². The lowest BCUT2D eigenvalue weighted by atomic mass is 10.1. The summed E-state index contributed by atoms with van der Waals surface area (Å²) in [5.74, 6) is 0.633. The van der Waals surface area contributed by atoms with Gasteiger partial charge < -0.3 is 10.1 Å². The Morgan fingerprint density at radius 2 is 1.89 bits per heavy atom. The third-order valence-corrected chi connectivity index (χ3v) is 4.37. The van der Waals surface area contributed by atoms with Crippen LogP contribution < -0.4 is 15.6 Å². The van der Waals surface area contributed by atoms with Crippen molar-refractivity contribution in [3.63, 3.8) is 0 Å². The van der Waals surface area contributed by atoms with Crippen molar-refractivity contribution in [1.29, 1.82) is 0 Å². The van der Waals surface area contributed by atoms with Gasteiger partial charge >= 0.3 is 0 Å². The average molecular weight is 377 g/mol. The first-order chi connectivity index (χ1) is 13.6. The number of aromatic nitrogens is 2. The van der Waals surface area contributed by atoms with E-state index >= 15 is 0 Å². The third-order valence-electron chi connectivity index (χ3n) is 4.37. The highest BCUT2D eigenvalue weighted by Gasteiger charge is 2.08. The van der Waals surface area contributed by atoms with Crippen LogP contribution in [0.1, 0.15) is 22.8 Å². The van der Waals surface area contributed by atoms with Crippen LogP contribution in [-0.2, 0) is 6.54 Å². The Labute approximate surface area is 163 Å². The third kappa shape index (κ3) is 4.65. The van der Waals surface area contributed by atoms with Crippen molar-refractivity contribution in [2.75, 3.05) is 13.2 Å². The fraction of sp³-hybridized carbons (Fsp3) is 0.227. The maximum absolute atomic E-state index is 12.4. The van der Waals surface area contributed by atoms with Crippen LogP contribution in [0.3, 0.4) is 0 Å². The van der Waals surface area contributed by atoms with Gasteiger partial charge in [0.2, 0.25) is 0 Å². The first kappa shape index (κ1) is 19.4. The van der Waals surface area contributed by atoms with Crippen molar-refractivity contribution in [2.24, 2.45) is 0 Å². The summed E-state index contributed by atoms with van der Waals surface area (Å²) in [4.78, 5) is 29.0. The van der Waals surface area contributed by atoms with Crippen LogP contribution in [0.4, 0.5) is 0 Å². The molecule has 0 saturated heterocycles. The molecule has 6 heteroatoms. The second-order valence-electron chi connectivity index (χ2n) is 6.33. The van der Waals surface area contributed by atoms with Crippen molar-refractivity contribution in [3.05, 3.63) is 82.4 Å². The molecule has 2 aromatic carbocycles. The van der Waals surface area contributed by atoms with E-state index in [9.17, 15) is 9.59 Å². The molecule has 1 heterocycles. The molecule has 1 amide bonds. The van der Waals surface area contributed by atoms with E-state index in [0.717, 1.165) is 16.9 Å². The van der Waals surface area contributed by atoms with E-state index in [4.69, 9.17) is 4.74 Å². The van der Waals surface area contributed by atoms with Crippen LogP contribution in [0.2, 0.25) is 0 Å². The molecular weight excluding hydrogens is 354 g/mol. The van der Waals surface area contributed by atoms with Gasteiger partial charge in [0.25, 0.3) is 11.5 Å². The average Bonchev–Trinajstić information content (AvgIpc) is 2.70. The molecule has 0 unspecified atom stereocenters. The van der Waals surface area contributed by atoms with Gasteiger partial charge in [-0.05, 0) is 49.7 Å². The minimum atomic E-state index is -0.163. The summed E-state index contributed by atoms with van der Waals surface area (Å²) in [5, 5.41) is 2.84. The Morgan fingerprint density at radius 1 is 1.14 bits per heavy atom. The number of hydrogen-bond acceptors (Lipinski definition) is 4. The minimum absolute atomic E-state index is 0.148. The minimum Gasteiger partial charge on any atom is -0.494 e. The zero-order valence-electron chi connectivity index (χ0n) is 16.0. The largest absolute Gasteiger partial charge is 0.494 e. The first-order valence-corrected chi connectivity index (χ1v) is 9.22. The van der Waals surface area contributed by atoms with Gasteiger partial charge in [0.05, 0.1) is 18.6 Å². The molecule has 0 aliphatic rings. The Bertz CT molecular complexity index is 1010. The van der Waals surface area contributed by atoms with Crippen LogP contribution in [0.25, 0.3) is 11.3 Å². The molecule has 0 radical (unpaired) electrons. The quantitative estimate of drug-likeness (QED) is 0.687. The predicted octanol–water partition coefficient (Wildman–Crippen LogP) is 3.05. The lowest BCUT2D eigenvalue weighted by molar-refractivity contribution is 0.0951. The smallest absolute Gasteiger partial charge is 0.253 e. The van der Waals surface area contributed by atoms with E-state index < -0.39 is 0 Å². The fourth-order valence-electron chi connectivity index (χ4n) is 2.85. The van der Waals surface area contributed by atoms with Crippen molar-refractivity contribution >= 4 is 5.91 Å². The van der Waals surface area contributed by atoms with E-state index in [0.29, 0.717) is 31.0 Å². The molecule has 0 bridgehead atoms. The summed E-state index contributed by atoms with van der Waals surface area (Å²) in [6.45, 7) is 5.12. The fourth-order valence-corrected chi connectivity index (χ4v) is 2.85. The Kier molecular flexibility index (Phi) is 6.22. The van der Waals surface area contributed by atoms with Crippen molar-refractivity contribution < 1.29 is 9.53 Å². The van der Waals surface area contributed by atoms with Crippen LogP contribution >= 0.6 is 0 Å². The number of rotatable bonds is 7. The zero-order valence-corrected chi connectivity index (χ0v) is 16.0. The van der Waals surface area contributed by atoms with Crippen LogP contribution in [-0.4, -0.2) is 28.6 Å². The molecule has 6 nitrogen and oxygen atoms in total. The zero-order chi connectivity index (χ0) is 19.9. The second kappa shape index (κ2) is 8.99. The van der Waals surface area contributed by atoms with Crippen molar-refractivity contribution in [2.45, 2.75) is 20.4 Å². The van der Waals surface area contributed by atoms with Gasteiger partial charge in [0.1, 0.15) is 5.75 Å². The lowest BCUT2D eigenvalue weighted by Crippen LogP contribution is -2.31. The Morgan fingerprint density at radius 3 is 2.57 bits per heavy atom. The number of carbonyl (C=O) groups excluding carboxylic acids is 1. The van der Waals surface area contributed by atoms with Gasteiger partial charge in [-0.25, -0.2) is 4.98 Å². The molecule has 3 aromatic rings. The summed E-state index contributed by atoms with van der Waals surface area (Å²) in [6, 6.07) is 16.4. The van der Waals surface area contributed by atoms with E-state index in [2.05, 4.69) is 10.3 Å². The summed E-state index contributed by atoms with van der Waals surface area (Å²) in [5.41, 5.74) is 2.84. The Balaban J connectivity index is 1.62. The highest BCUT2D eigenvalue weighted by molar-refractivity contribution is 5.95. The topological polar surface area (TPSA) is 73.2 Å². The standard InChI is InChI=1S/C22H23N3O3/c1-3-28-18-10-8-17(9-11-18)20-14-21(26)25(15-24-20)13-12-23-22(27)19-7-5-4-6-16(19)2/h4-11,14-15H,3,12-13H2,1-2H3,(H,23,27). The maximum atomic E-state index is 12.4. The first-order valence-electron chi connectivity index (χ1n) is 9.22. The highest BCUT2D eigenvalue weighted by Crippen LogP contribution is 2.19. The number of nitrogens with one attached hydrogen (secondary N) is 1. The summed E-state index contributed by atoms with van der Waals surface area (Å²) in [7, 11) is 0. The molecule has 0 aliphatic heterocycles. The van der Waals surface area contributed by atoms with Crippen LogP contribution in [0.15, 0.2) is 65.7 Å². The number of aryl methyl sites for hydroxylation is 1. The molecule has 1 N–H and O–H groups in total. The van der Waals surface area contributed by atoms with Gasteiger partial charge in [-0.1, -0.05) is 18.2 Å². The SMILES string of the molecule is CCOc1ccc(-c2cc(=O)n(CCNC(=O)c3ccccc3C)cn2)cc1. The number of carbonyl (C=O) groups is 1. The summed E-state index contributed by atoms with van der Waals surface area (Å²) >= 11 is 0. The number of ether oxygens (including phenoxy) is 1. The van der Waals surface area contributed by atoms with Crippen LogP contribution in [0, 0.1) is 6.92 Å². The van der Waals surface area contributed by atoms with Crippen molar-refractivity contribution in [3.8, 4) is 17.0 Å². The van der Waals surface area contributed by atoms with E-state index in [1.54, 1.807) is 6.07 Å².